The number of nitrogens with zero attached hydrogens (tertiary/aromatic N) is 3. The number of amides is 2. The molecule has 0 saturated carbocycles. The summed E-state index contributed by atoms with van der Waals surface area (Å²) >= 11 is 3.44. The van der Waals surface area contributed by atoms with Crippen molar-refractivity contribution in [3.05, 3.63) is 119 Å². The number of hydrogen-bond donors (Lipinski definition) is 2. The lowest BCUT2D eigenvalue weighted by atomic mass is 9.97. The Kier molecular flexibility index (Phi) is 8.87. The maximum Gasteiger partial charge on any atom is 0.315 e. The van der Waals surface area contributed by atoms with Gasteiger partial charge in [0.2, 0.25) is 0 Å². The van der Waals surface area contributed by atoms with Crippen molar-refractivity contribution in [1.29, 1.82) is 0 Å². The second-order valence-corrected chi connectivity index (χ2v) is 11.8. The summed E-state index contributed by atoms with van der Waals surface area (Å²) in [7, 11) is 0. The number of nitrogens with one attached hydrogen (secondary N) is 2. The van der Waals surface area contributed by atoms with Crippen molar-refractivity contribution >= 4 is 33.0 Å². The van der Waals surface area contributed by atoms with Crippen LogP contribution in [0, 0.1) is 5.92 Å². The van der Waals surface area contributed by atoms with Crippen molar-refractivity contribution in [3.8, 4) is 22.5 Å². The third-order valence-corrected chi connectivity index (χ3v) is 8.30. The summed E-state index contributed by atoms with van der Waals surface area (Å²) in [5.41, 5.74) is 8.06. The number of benzene rings is 4. The molecule has 1 aliphatic rings. The van der Waals surface area contributed by atoms with Crippen LogP contribution in [-0.4, -0.2) is 40.5 Å². The van der Waals surface area contributed by atoms with Gasteiger partial charge in [-0.05, 0) is 60.7 Å². The molecule has 7 heteroatoms. The molecule has 212 valence electrons. The lowest BCUT2D eigenvalue weighted by Gasteiger charge is -2.32. The third kappa shape index (κ3) is 7.04. The molecule has 1 aliphatic heterocycles. The Morgan fingerprint density at radius 3 is 2.07 bits per heavy atom. The molecule has 6 rings (SSSR count). The Hall–Kier alpha value is -4.07. The van der Waals surface area contributed by atoms with E-state index < -0.39 is 0 Å². The lowest BCUT2D eigenvalue weighted by molar-refractivity contribution is 0.165. The van der Waals surface area contributed by atoms with Gasteiger partial charge in [-0.2, -0.15) is 0 Å². The van der Waals surface area contributed by atoms with Crippen LogP contribution in [-0.2, 0) is 13.1 Å². The summed E-state index contributed by atoms with van der Waals surface area (Å²) in [6.07, 6.45) is 2.27. The van der Waals surface area contributed by atoms with Crippen LogP contribution in [0.15, 0.2) is 108 Å². The van der Waals surface area contributed by atoms with Gasteiger partial charge in [0.1, 0.15) is 0 Å². The summed E-state index contributed by atoms with van der Waals surface area (Å²) in [5, 5.41) is 6.04. The van der Waals surface area contributed by atoms with Crippen LogP contribution in [0.2, 0.25) is 0 Å². The van der Waals surface area contributed by atoms with E-state index in [0.717, 1.165) is 76.1 Å². The quantitative estimate of drug-likeness (QED) is 0.189. The SMILES string of the molecule is O=C(NCc1ccc(Br)cc1)NCC1CCCN(Cc2ccc(-c3nc4ccccc4nc3-c3ccccc3)cc2)C1. The lowest BCUT2D eigenvalue weighted by Crippen LogP contribution is -2.43. The van der Waals surface area contributed by atoms with E-state index in [2.05, 4.69) is 67.9 Å². The number of likely N-dealkylation sites (tertiary alicyclic amines) is 1. The van der Waals surface area contributed by atoms with E-state index in [1.165, 1.54) is 5.56 Å². The zero-order chi connectivity index (χ0) is 28.7. The van der Waals surface area contributed by atoms with E-state index in [9.17, 15) is 4.79 Å². The fourth-order valence-electron chi connectivity index (χ4n) is 5.57. The average Bonchev–Trinajstić information content (AvgIpc) is 3.04. The first kappa shape index (κ1) is 28.1. The van der Waals surface area contributed by atoms with Gasteiger partial charge in [0.25, 0.3) is 0 Å². The number of carbonyl (C=O) groups is 1. The van der Waals surface area contributed by atoms with E-state index in [0.29, 0.717) is 19.0 Å². The molecule has 1 unspecified atom stereocenters. The van der Waals surface area contributed by atoms with Crippen molar-refractivity contribution in [2.24, 2.45) is 5.92 Å². The van der Waals surface area contributed by atoms with Crippen molar-refractivity contribution in [3.63, 3.8) is 0 Å². The van der Waals surface area contributed by atoms with Gasteiger partial charge in [-0.25, -0.2) is 14.8 Å². The molecule has 1 fully saturated rings. The molecular formula is C35H34BrN5O. The monoisotopic (exact) mass is 619 g/mol. The van der Waals surface area contributed by atoms with Crippen LogP contribution in [0.25, 0.3) is 33.5 Å². The summed E-state index contributed by atoms with van der Waals surface area (Å²) in [4.78, 5) is 24.9. The van der Waals surface area contributed by atoms with Gasteiger partial charge in [0.15, 0.2) is 0 Å². The second-order valence-electron chi connectivity index (χ2n) is 10.9. The van der Waals surface area contributed by atoms with E-state index in [4.69, 9.17) is 9.97 Å². The minimum Gasteiger partial charge on any atom is -0.338 e. The minimum absolute atomic E-state index is 0.114. The Morgan fingerprint density at radius 2 is 1.38 bits per heavy atom. The standard InChI is InChI=1S/C35H34BrN5O/c36-30-18-14-25(15-19-30)21-37-35(42)38-22-27-7-6-20-41(24-27)23-26-12-16-29(17-13-26)34-33(28-8-2-1-3-9-28)39-31-10-4-5-11-32(31)40-34/h1-5,8-19,27H,6-7,20-24H2,(H2,37,38,42). The van der Waals surface area contributed by atoms with Crippen molar-refractivity contribution in [2.75, 3.05) is 19.6 Å². The van der Waals surface area contributed by atoms with Crippen LogP contribution >= 0.6 is 15.9 Å². The smallest absolute Gasteiger partial charge is 0.315 e. The fourth-order valence-corrected chi connectivity index (χ4v) is 5.83. The highest BCUT2D eigenvalue weighted by Crippen LogP contribution is 2.31. The van der Waals surface area contributed by atoms with Gasteiger partial charge in [0, 0.05) is 41.8 Å². The van der Waals surface area contributed by atoms with E-state index in [1.807, 2.05) is 66.7 Å². The second kappa shape index (κ2) is 13.3. The number of piperidine rings is 1. The highest BCUT2D eigenvalue weighted by Gasteiger charge is 2.21. The molecule has 1 saturated heterocycles. The number of rotatable bonds is 8. The van der Waals surface area contributed by atoms with Gasteiger partial charge in [0.05, 0.1) is 22.4 Å². The Balaban J connectivity index is 1.07. The van der Waals surface area contributed by atoms with Crippen molar-refractivity contribution < 1.29 is 4.79 Å². The summed E-state index contributed by atoms with van der Waals surface area (Å²) in [5.74, 6) is 0.442. The number of halogens is 1. The molecule has 6 nitrogen and oxygen atoms in total. The molecule has 1 atom stereocenters. The molecule has 0 spiro atoms. The maximum atomic E-state index is 12.4. The molecule has 2 N–H and O–H groups in total. The van der Waals surface area contributed by atoms with Crippen LogP contribution in [0.1, 0.15) is 24.0 Å². The molecule has 2 heterocycles. The Morgan fingerprint density at radius 1 is 0.762 bits per heavy atom. The number of aromatic nitrogens is 2. The van der Waals surface area contributed by atoms with Crippen LogP contribution in [0.5, 0.6) is 0 Å². The molecule has 0 aliphatic carbocycles. The highest BCUT2D eigenvalue weighted by atomic mass is 79.9. The first-order chi connectivity index (χ1) is 20.6. The predicted molar refractivity (Wildman–Crippen MR) is 173 cm³/mol. The van der Waals surface area contributed by atoms with Gasteiger partial charge in [-0.1, -0.05) is 94.8 Å². The number of fused-ring (bicyclic) bond motifs is 1. The number of hydrogen-bond acceptors (Lipinski definition) is 4. The third-order valence-electron chi connectivity index (χ3n) is 7.77. The molecule has 4 aromatic carbocycles. The minimum atomic E-state index is -0.114. The average molecular weight is 621 g/mol. The summed E-state index contributed by atoms with van der Waals surface area (Å²) in [6, 6.07) is 34.9. The topological polar surface area (TPSA) is 70.2 Å². The summed E-state index contributed by atoms with van der Waals surface area (Å²) < 4.78 is 1.03. The molecule has 0 radical (unpaired) electrons. The Bertz CT molecular complexity index is 1640. The molecular weight excluding hydrogens is 586 g/mol. The first-order valence-electron chi connectivity index (χ1n) is 14.5. The number of carbonyl (C=O) groups excluding carboxylic acids is 1. The van der Waals surface area contributed by atoms with Gasteiger partial charge >= 0.3 is 6.03 Å². The largest absolute Gasteiger partial charge is 0.338 e. The van der Waals surface area contributed by atoms with E-state index >= 15 is 0 Å². The van der Waals surface area contributed by atoms with Gasteiger partial charge in [-0.3, -0.25) is 4.90 Å². The Labute approximate surface area is 255 Å². The predicted octanol–water partition coefficient (Wildman–Crippen LogP) is 7.44. The van der Waals surface area contributed by atoms with Crippen LogP contribution in [0.4, 0.5) is 4.79 Å². The van der Waals surface area contributed by atoms with E-state index in [1.54, 1.807) is 0 Å². The molecule has 5 aromatic rings. The molecule has 42 heavy (non-hydrogen) atoms. The highest BCUT2D eigenvalue weighted by molar-refractivity contribution is 9.10. The number of urea groups is 1. The van der Waals surface area contributed by atoms with Gasteiger partial charge in [-0.15, -0.1) is 0 Å². The van der Waals surface area contributed by atoms with Crippen molar-refractivity contribution in [2.45, 2.75) is 25.9 Å². The fraction of sp³-hybridized carbons (Fsp3) is 0.229. The molecule has 2 amide bonds. The van der Waals surface area contributed by atoms with Gasteiger partial charge < -0.3 is 10.6 Å². The number of para-hydroxylation sites is 2. The zero-order valence-corrected chi connectivity index (χ0v) is 25.1. The van der Waals surface area contributed by atoms with E-state index in [-0.39, 0.29) is 6.03 Å². The normalized spacial score (nSPS) is 15.4. The molecule has 1 aromatic heterocycles. The summed E-state index contributed by atoms with van der Waals surface area (Å²) in [6.45, 7) is 4.14. The first-order valence-corrected chi connectivity index (χ1v) is 15.3. The zero-order valence-electron chi connectivity index (χ0n) is 23.5. The van der Waals surface area contributed by atoms with Crippen LogP contribution in [0.3, 0.4) is 0 Å². The molecule has 0 bridgehead atoms. The van der Waals surface area contributed by atoms with Crippen LogP contribution < -0.4 is 10.6 Å². The maximum absolute atomic E-state index is 12.4. The van der Waals surface area contributed by atoms with Crippen molar-refractivity contribution in [1.82, 2.24) is 25.5 Å².